The number of anilines is 2. The standard InChI is InChI=1S/C17H12Br2N4O/c18-12-5-10(6-13(19)7-12)16(24)23-15-4-2-1-3-14(15)11-8-21-17(20)22-9-11/h1-9H,(H,23,24)(H2,20,21,22). The molecular weight excluding hydrogens is 436 g/mol. The molecule has 3 N–H and O–H groups in total. The minimum Gasteiger partial charge on any atom is -0.368 e. The maximum Gasteiger partial charge on any atom is 0.255 e. The van der Waals surface area contributed by atoms with E-state index in [-0.39, 0.29) is 11.9 Å². The number of halogens is 2. The van der Waals surface area contributed by atoms with Crippen LogP contribution in [-0.2, 0) is 0 Å². The Labute approximate surface area is 155 Å². The molecule has 0 spiro atoms. The van der Waals surface area contributed by atoms with Crippen molar-refractivity contribution in [1.82, 2.24) is 9.97 Å². The molecule has 0 bridgehead atoms. The first-order valence-electron chi connectivity index (χ1n) is 6.97. The van der Waals surface area contributed by atoms with Gasteiger partial charge in [-0.25, -0.2) is 9.97 Å². The highest BCUT2D eigenvalue weighted by Gasteiger charge is 2.12. The van der Waals surface area contributed by atoms with E-state index in [0.29, 0.717) is 11.3 Å². The van der Waals surface area contributed by atoms with Gasteiger partial charge in [0.05, 0.1) is 0 Å². The van der Waals surface area contributed by atoms with E-state index in [1.807, 2.05) is 30.3 Å². The second-order valence-electron chi connectivity index (χ2n) is 4.99. The lowest BCUT2D eigenvalue weighted by Gasteiger charge is -2.11. The molecule has 2 aromatic carbocycles. The van der Waals surface area contributed by atoms with Gasteiger partial charge in [-0.15, -0.1) is 0 Å². The average Bonchev–Trinajstić information content (AvgIpc) is 2.55. The molecule has 5 nitrogen and oxygen atoms in total. The molecule has 3 rings (SSSR count). The summed E-state index contributed by atoms with van der Waals surface area (Å²) < 4.78 is 1.64. The second kappa shape index (κ2) is 7.11. The third-order valence-electron chi connectivity index (χ3n) is 3.28. The highest BCUT2D eigenvalue weighted by Crippen LogP contribution is 2.28. The van der Waals surface area contributed by atoms with Gasteiger partial charge in [0.15, 0.2) is 0 Å². The maximum absolute atomic E-state index is 12.6. The molecule has 7 heteroatoms. The molecular formula is C17H12Br2N4O. The van der Waals surface area contributed by atoms with Gasteiger partial charge in [-0.05, 0) is 24.3 Å². The molecule has 0 atom stereocenters. The minimum atomic E-state index is -0.208. The van der Waals surface area contributed by atoms with Crippen LogP contribution >= 0.6 is 31.9 Å². The number of aromatic nitrogens is 2. The lowest BCUT2D eigenvalue weighted by Crippen LogP contribution is -2.12. The summed E-state index contributed by atoms with van der Waals surface area (Å²) in [6.45, 7) is 0. The van der Waals surface area contributed by atoms with E-state index in [1.54, 1.807) is 24.5 Å². The molecule has 3 aromatic rings. The Balaban J connectivity index is 1.93. The first-order chi connectivity index (χ1) is 11.5. The fraction of sp³-hybridized carbons (Fsp3) is 0. The number of nitrogen functional groups attached to an aromatic ring is 1. The number of para-hydroxylation sites is 1. The Kier molecular flexibility index (Phi) is 4.92. The summed E-state index contributed by atoms with van der Waals surface area (Å²) in [5, 5.41) is 2.93. The summed E-state index contributed by atoms with van der Waals surface area (Å²) in [5.41, 5.74) is 8.33. The lowest BCUT2D eigenvalue weighted by atomic mass is 10.1. The van der Waals surface area contributed by atoms with Crippen LogP contribution in [0.3, 0.4) is 0 Å². The quantitative estimate of drug-likeness (QED) is 0.619. The molecule has 0 aliphatic heterocycles. The molecule has 0 fully saturated rings. The summed E-state index contributed by atoms with van der Waals surface area (Å²) in [6.07, 6.45) is 3.26. The van der Waals surface area contributed by atoms with Gasteiger partial charge in [0.25, 0.3) is 5.91 Å². The molecule has 24 heavy (non-hydrogen) atoms. The van der Waals surface area contributed by atoms with Crippen LogP contribution in [0.2, 0.25) is 0 Å². The van der Waals surface area contributed by atoms with Gasteiger partial charge in [0.2, 0.25) is 5.95 Å². The average molecular weight is 448 g/mol. The van der Waals surface area contributed by atoms with Crippen molar-refractivity contribution in [3.63, 3.8) is 0 Å². The van der Waals surface area contributed by atoms with Crippen molar-refractivity contribution in [3.05, 3.63) is 69.4 Å². The SMILES string of the molecule is Nc1ncc(-c2ccccc2NC(=O)c2cc(Br)cc(Br)c2)cn1. The summed E-state index contributed by atoms with van der Waals surface area (Å²) in [5.74, 6) is 0.0000612. The number of nitrogens with zero attached hydrogens (tertiary/aromatic N) is 2. The third-order valence-corrected chi connectivity index (χ3v) is 4.20. The van der Waals surface area contributed by atoms with Crippen LogP contribution in [0.1, 0.15) is 10.4 Å². The van der Waals surface area contributed by atoms with Gasteiger partial charge < -0.3 is 11.1 Å². The van der Waals surface area contributed by atoms with Gasteiger partial charge in [-0.2, -0.15) is 0 Å². The topological polar surface area (TPSA) is 80.9 Å². The normalized spacial score (nSPS) is 10.4. The fourth-order valence-electron chi connectivity index (χ4n) is 2.20. The van der Waals surface area contributed by atoms with Gasteiger partial charge >= 0.3 is 0 Å². The van der Waals surface area contributed by atoms with Crippen molar-refractivity contribution in [1.29, 1.82) is 0 Å². The van der Waals surface area contributed by atoms with Crippen LogP contribution in [0.25, 0.3) is 11.1 Å². The Morgan fingerprint density at radius 3 is 2.29 bits per heavy atom. The van der Waals surface area contributed by atoms with E-state index >= 15 is 0 Å². The number of nitrogens with two attached hydrogens (primary N) is 1. The molecule has 1 aromatic heterocycles. The van der Waals surface area contributed by atoms with E-state index < -0.39 is 0 Å². The van der Waals surface area contributed by atoms with Crippen molar-refractivity contribution < 1.29 is 4.79 Å². The maximum atomic E-state index is 12.6. The zero-order valence-electron chi connectivity index (χ0n) is 12.3. The van der Waals surface area contributed by atoms with Crippen LogP contribution in [-0.4, -0.2) is 15.9 Å². The number of carbonyl (C=O) groups is 1. The zero-order chi connectivity index (χ0) is 17.1. The zero-order valence-corrected chi connectivity index (χ0v) is 15.5. The van der Waals surface area contributed by atoms with Crippen molar-refractivity contribution >= 4 is 49.4 Å². The Hall–Kier alpha value is -2.25. The van der Waals surface area contributed by atoms with E-state index in [1.165, 1.54) is 0 Å². The monoisotopic (exact) mass is 446 g/mol. The van der Waals surface area contributed by atoms with E-state index in [0.717, 1.165) is 20.1 Å². The predicted molar refractivity (Wildman–Crippen MR) is 102 cm³/mol. The van der Waals surface area contributed by atoms with Gasteiger partial charge in [-0.3, -0.25) is 4.79 Å². The Morgan fingerprint density at radius 1 is 1.00 bits per heavy atom. The number of amides is 1. The van der Waals surface area contributed by atoms with Gasteiger partial charge in [0, 0.05) is 43.7 Å². The van der Waals surface area contributed by atoms with E-state index in [4.69, 9.17) is 5.73 Å². The number of hydrogen-bond acceptors (Lipinski definition) is 4. The fourth-order valence-corrected chi connectivity index (χ4v) is 3.49. The number of carbonyl (C=O) groups excluding carboxylic acids is 1. The minimum absolute atomic E-state index is 0.208. The smallest absolute Gasteiger partial charge is 0.255 e. The molecule has 0 radical (unpaired) electrons. The summed E-state index contributed by atoms with van der Waals surface area (Å²) >= 11 is 6.77. The third kappa shape index (κ3) is 3.80. The summed E-state index contributed by atoms with van der Waals surface area (Å²) in [6, 6.07) is 12.9. The van der Waals surface area contributed by atoms with Crippen LogP contribution in [0.4, 0.5) is 11.6 Å². The molecule has 0 aliphatic carbocycles. The molecule has 120 valence electrons. The molecule has 0 unspecified atom stereocenters. The highest BCUT2D eigenvalue weighted by atomic mass is 79.9. The lowest BCUT2D eigenvalue weighted by molar-refractivity contribution is 0.102. The molecule has 0 saturated carbocycles. The van der Waals surface area contributed by atoms with Crippen molar-refractivity contribution in [2.75, 3.05) is 11.1 Å². The van der Waals surface area contributed by atoms with E-state index in [2.05, 4.69) is 47.1 Å². The van der Waals surface area contributed by atoms with Gasteiger partial charge in [0.1, 0.15) is 0 Å². The number of hydrogen-bond donors (Lipinski definition) is 2. The van der Waals surface area contributed by atoms with Crippen LogP contribution < -0.4 is 11.1 Å². The Bertz CT molecular complexity index is 877. The Morgan fingerprint density at radius 2 is 1.62 bits per heavy atom. The van der Waals surface area contributed by atoms with Gasteiger partial charge in [-0.1, -0.05) is 50.1 Å². The van der Waals surface area contributed by atoms with Crippen LogP contribution in [0.15, 0.2) is 63.8 Å². The van der Waals surface area contributed by atoms with Crippen LogP contribution in [0.5, 0.6) is 0 Å². The number of benzene rings is 2. The largest absolute Gasteiger partial charge is 0.368 e. The molecule has 0 aliphatic rings. The number of nitrogens with one attached hydrogen (secondary N) is 1. The summed E-state index contributed by atoms with van der Waals surface area (Å²) in [7, 11) is 0. The van der Waals surface area contributed by atoms with E-state index in [9.17, 15) is 4.79 Å². The molecule has 1 amide bonds. The first kappa shape index (κ1) is 16.6. The van der Waals surface area contributed by atoms with Crippen molar-refractivity contribution in [2.45, 2.75) is 0 Å². The van der Waals surface area contributed by atoms with Crippen molar-refractivity contribution in [2.24, 2.45) is 0 Å². The predicted octanol–water partition coefficient (Wildman–Crippen LogP) is 4.50. The molecule has 0 saturated heterocycles. The van der Waals surface area contributed by atoms with Crippen LogP contribution in [0, 0.1) is 0 Å². The first-order valence-corrected chi connectivity index (χ1v) is 8.56. The summed E-state index contributed by atoms with van der Waals surface area (Å²) in [4.78, 5) is 20.5. The second-order valence-corrected chi connectivity index (χ2v) is 6.82. The highest BCUT2D eigenvalue weighted by molar-refractivity contribution is 9.11. The molecule has 1 heterocycles. The number of rotatable bonds is 3. The van der Waals surface area contributed by atoms with Crippen molar-refractivity contribution in [3.8, 4) is 11.1 Å².